The minimum Gasteiger partial charge on any atom is -0.380 e. The first kappa shape index (κ1) is 26.5. The van der Waals surface area contributed by atoms with Crippen molar-refractivity contribution >= 4 is 22.9 Å². The van der Waals surface area contributed by atoms with E-state index in [0.29, 0.717) is 32.2 Å². The van der Waals surface area contributed by atoms with Gasteiger partial charge in [-0.05, 0) is 49.3 Å². The second-order valence-corrected chi connectivity index (χ2v) is 9.49. The smallest absolute Gasteiger partial charge is 0.243 e. The van der Waals surface area contributed by atoms with Crippen molar-refractivity contribution in [1.82, 2.24) is 14.6 Å². The Balaban J connectivity index is 1.45. The Bertz CT molecular complexity index is 726. The zero-order valence-corrected chi connectivity index (χ0v) is 20.0. The molecule has 1 fully saturated rings. The number of carbonyl (C=O) groups excluding carboxylic acids is 1. The minimum absolute atomic E-state index is 0.102. The quantitative estimate of drug-likeness (QED) is 0.221. The molecule has 2 rings (SSSR count). The van der Waals surface area contributed by atoms with Gasteiger partial charge in [0.15, 0.2) is 0 Å². The van der Waals surface area contributed by atoms with E-state index in [1.807, 2.05) is 12.1 Å². The second kappa shape index (κ2) is 16.8. The first-order valence-corrected chi connectivity index (χ1v) is 13.1. The summed E-state index contributed by atoms with van der Waals surface area (Å²) in [5, 5.41) is 2.88. The van der Waals surface area contributed by atoms with Gasteiger partial charge in [0.1, 0.15) is 0 Å². The van der Waals surface area contributed by atoms with Gasteiger partial charge in [-0.2, -0.15) is 0 Å². The van der Waals surface area contributed by atoms with Crippen molar-refractivity contribution in [1.29, 1.82) is 0 Å². The number of rotatable bonds is 16. The molecule has 1 aromatic rings. The van der Waals surface area contributed by atoms with Crippen molar-refractivity contribution in [2.45, 2.75) is 64.2 Å². The Hall–Kier alpha value is -1.77. The number of unbranched alkanes of at least 4 members (excludes halogenated alkanes) is 4. The predicted octanol–water partition coefficient (Wildman–Crippen LogP) is 3.59. The fourth-order valence-electron chi connectivity index (χ4n) is 3.92. The van der Waals surface area contributed by atoms with E-state index in [2.05, 4.69) is 10.3 Å². The zero-order valence-electron chi connectivity index (χ0n) is 19.1. The number of hydrogen-bond donors (Lipinski definition) is 2. The van der Waals surface area contributed by atoms with E-state index in [0.717, 1.165) is 44.3 Å². The fraction of sp³-hybridized carbons (Fsp3) is 0.667. The molecule has 0 spiro atoms. The lowest BCUT2D eigenvalue weighted by Crippen LogP contribution is -2.28. The minimum atomic E-state index is -2.56. The maximum Gasteiger partial charge on any atom is 0.243 e. The van der Waals surface area contributed by atoms with Crippen LogP contribution in [0.1, 0.15) is 69.8 Å². The highest BCUT2D eigenvalue weighted by molar-refractivity contribution is 7.69. The van der Waals surface area contributed by atoms with Crippen LogP contribution in [0, 0.1) is 5.92 Å². The van der Waals surface area contributed by atoms with Crippen LogP contribution in [0.25, 0.3) is 6.08 Å². The molecular formula is C24H39N3O4S. The third kappa shape index (κ3) is 12.3. The Morgan fingerprint density at radius 1 is 1.12 bits per heavy atom. The summed E-state index contributed by atoms with van der Waals surface area (Å²) in [5.74, 6) is 0.551. The van der Waals surface area contributed by atoms with Gasteiger partial charge in [0.05, 0.1) is 6.61 Å². The molecule has 0 bridgehead atoms. The second-order valence-electron chi connectivity index (χ2n) is 8.45. The van der Waals surface area contributed by atoms with Crippen molar-refractivity contribution in [3.05, 3.63) is 36.2 Å². The van der Waals surface area contributed by atoms with Crippen molar-refractivity contribution < 1.29 is 17.9 Å². The van der Waals surface area contributed by atoms with E-state index < -0.39 is 10.9 Å². The number of hydrogen-bond acceptors (Lipinski definition) is 5. The molecule has 1 aliphatic carbocycles. The van der Waals surface area contributed by atoms with Crippen molar-refractivity contribution in [2.24, 2.45) is 5.92 Å². The number of nitrogens with one attached hydrogen (secondary N) is 1. The summed E-state index contributed by atoms with van der Waals surface area (Å²) in [6, 6.07) is 3.73. The summed E-state index contributed by atoms with van der Waals surface area (Å²) in [6.07, 6.45) is 17.9. The first-order valence-electron chi connectivity index (χ1n) is 12.0. The SMILES string of the molecule is O=C(/C=C/c1cccnc1)NCCCCCCCN(CCOCC1CCCCC1)[SH](=O)=O. The molecule has 0 unspecified atom stereocenters. The molecule has 7 nitrogen and oxygen atoms in total. The van der Waals surface area contributed by atoms with E-state index in [9.17, 15) is 13.2 Å². The predicted molar refractivity (Wildman–Crippen MR) is 129 cm³/mol. The van der Waals surface area contributed by atoms with Gasteiger partial charge < -0.3 is 10.1 Å². The van der Waals surface area contributed by atoms with Gasteiger partial charge in [0, 0.05) is 44.7 Å². The van der Waals surface area contributed by atoms with Crippen molar-refractivity contribution in [2.75, 3.05) is 32.8 Å². The summed E-state index contributed by atoms with van der Waals surface area (Å²) >= 11 is 0. The maximum absolute atomic E-state index is 11.8. The average molecular weight is 466 g/mol. The van der Waals surface area contributed by atoms with Gasteiger partial charge in [-0.3, -0.25) is 9.78 Å². The van der Waals surface area contributed by atoms with E-state index >= 15 is 0 Å². The molecule has 0 aliphatic heterocycles. The van der Waals surface area contributed by atoms with Crippen LogP contribution in [-0.4, -0.2) is 56.5 Å². The molecule has 180 valence electrons. The molecule has 1 heterocycles. The monoisotopic (exact) mass is 465 g/mol. The first-order chi connectivity index (χ1) is 15.6. The maximum atomic E-state index is 11.8. The summed E-state index contributed by atoms with van der Waals surface area (Å²) in [6.45, 7) is 2.90. The Morgan fingerprint density at radius 2 is 1.91 bits per heavy atom. The molecule has 32 heavy (non-hydrogen) atoms. The van der Waals surface area contributed by atoms with Crippen LogP contribution in [0.5, 0.6) is 0 Å². The lowest BCUT2D eigenvalue weighted by molar-refractivity contribution is -0.116. The van der Waals surface area contributed by atoms with Gasteiger partial charge in [0.2, 0.25) is 16.8 Å². The zero-order chi connectivity index (χ0) is 22.9. The third-order valence-corrected chi connectivity index (χ3v) is 6.67. The normalized spacial score (nSPS) is 15.1. The lowest BCUT2D eigenvalue weighted by atomic mass is 9.90. The summed E-state index contributed by atoms with van der Waals surface area (Å²) in [4.78, 5) is 15.8. The standard InChI is InChI=1S/C24H39N3O4S/c28-24(14-13-22-12-9-15-25-20-22)26-16-7-2-1-3-8-17-27(32(29)30)18-19-31-21-23-10-5-4-6-11-23/h9,12-15,20,23,32H,1-8,10-11,16-19,21H2,(H,26,28)/b14-13+. The van der Waals surface area contributed by atoms with E-state index in [4.69, 9.17) is 4.74 Å². The number of carbonyl (C=O) groups is 1. The summed E-state index contributed by atoms with van der Waals surface area (Å²) in [7, 11) is -2.56. The number of pyridine rings is 1. The Kier molecular flexibility index (Phi) is 13.9. The molecule has 1 saturated carbocycles. The molecular weight excluding hydrogens is 426 g/mol. The van der Waals surface area contributed by atoms with Gasteiger partial charge >= 0.3 is 0 Å². The van der Waals surface area contributed by atoms with E-state index in [1.54, 1.807) is 18.5 Å². The summed E-state index contributed by atoms with van der Waals surface area (Å²) in [5.41, 5.74) is 0.896. The van der Waals surface area contributed by atoms with Crippen LogP contribution >= 0.6 is 0 Å². The molecule has 0 atom stereocenters. The van der Waals surface area contributed by atoms with Crippen LogP contribution in [0.15, 0.2) is 30.6 Å². The summed E-state index contributed by atoms with van der Waals surface area (Å²) < 4.78 is 30.2. The van der Waals surface area contributed by atoms with Crippen LogP contribution in [0.4, 0.5) is 0 Å². The Labute approximate surface area is 194 Å². The topological polar surface area (TPSA) is 88.6 Å². The molecule has 1 aromatic heterocycles. The van der Waals surface area contributed by atoms with Crippen molar-refractivity contribution in [3.63, 3.8) is 0 Å². The number of ether oxygens (including phenoxy) is 1. The number of thiol groups is 1. The van der Waals surface area contributed by atoms with Gasteiger partial charge in [-0.1, -0.05) is 44.6 Å². The van der Waals surface area contributed by atoms with Crippen LogP contribution in [0.2, 0.25) is 0 Å². The van der Waals surface area contributed by atoms with Gasteiger partial charge in [-0.25, -0.2) is 12.7 Å². The molecule has 1 amide bonds. The number of nitrogens with zero attached hydrogens (tertiary/aromatic N) is 2. The third-order valence-electron chi connectivity index (χ3n) is 5.81. The van der Waals surface area contributed by atoms with Crippen molar-refractivity contribution in [3.8, 4) is 0 Å². The van der Waals surface area contributed by atoms with Crippen LogP contribution < -0.4 is 5.32 Å². The fourth-order valence-corrected chi connectivity index (χ4v) is 4.47. The average Bonchev–Trinajstić information content (AvgIpc) is 2.81. The van der Waals surface area contributed by atoms with Gasteiger partial charge in [0.25, 0.3) is 0 Å². The highest BCUT2D eigenvalue weighted by Gasteiger charge is 2.14. The molecule has 0 radical (unpaired) electrons. The lowest BCUT2D eigenvalue weighted by Gasteiger charge is -2.22. The molecule has 0 saturated heterocycles. The molecule has 8 heteroatoms. The number of amides is 1. The molecule has 0 aromatic carbocycles. The van der Waals surface area contributed by atoms with E-state index in [-0.39, 0.29) is 5.91 Å². The van der Waals surface area contributed by atoms with Crippen LogP contribution in [0.3, 0.4) is 0 Å². The molecule has 1 N–H and O–H groups in total. The van der Waals surface area contributed by atoms with Gasteiger partial charge in [-0.15, -0.1) is 0 Å². The van der Waals surface area contributed by atoms with E-state index in [1.165, 1.54) is 42.5 Å². The highest BCUT2D eigenvalue weighted by Crippen LogP contribution is 2.23. The van der Waals surface area contributed by atoms with Crippen LogP contribution in [-0.2, 0) is 20.4 Å². The molecule has 1 aliphatic rings. The number of aromatic nitrogens is 1. The highest BCUT2D eigenvalue weighted by atomic mass is 32.2. The largest absolute Gasteiger partial charge is 0.380 e. The Morgan fingerprint density at radius 3 is 2.66 bits per heavy atom.